The molecule has 6 nitrogen and oxygen atoms in total. The maximum absolute atomic E-state index is 12.3. The smallest absolute Gasteiger partial charge is 0.269 e. The lowest BCUT2D eigenvalue weighted by atomic mass is 9.79. The first-order valence-electron chi connectivity index (χ1n) is 7.75. The van der Waals surface area contributed by atoms with E-state index in [0.717, 1.165) is 31.8 Å². The van der Waals surface area contributed by atoms with E-state index in [1.165, 1.54) is 12.8 Å². The van der Waals surface area contributed by atoms with Crippen LogP contribution in [0.25, 0.3) is 0 Å². The van der Waals surface area contributed by atoms with Gasteiger partial charge in [-0.25, -0.2) is 4.98 Å². The molecule has 1 amide bonds. The highest BCUT2D eigenvalue weighted by molar-refractivity contribution is 5.92. The molecule has 0 aromatic carbocycles. The van der Waals surface area contributed by atoms with Gasteiger partial charge in [0.25, 0.3) is 5.91 Å². The minimum atomic E-state index is -0.0663. The Morgan fingerprint density at radius 3 is 2.70 bits per heavy atom. The van der Waals surface area contributed by atoms with Gasteiger partial charge in [0.15, 0.2) is 0 Å². The Bertz CT molecular complexity index is 494. The third-order valence-corrected chi connectivity index (χ3v) is 4.54. The summed E-state index contributed by atoms with van der Waals surface area (Å²) in [6.07, 6.45) is 6.06. The van der Waals surface area contributed by atoms with Crippen LogP contribution in [-0.2, 0) is 4.74 Å². The van der Waals surface area contributed by atoms with Crippen molar-refractivity contribution in [2.24, 2.45) is 5.41 Å². The van der Waals surface area contributed by atoms with Crippen molar-refractivity contribution in [3.63, 3.8) is 0 Å². The first-order chi connectivity index (χ1) is 10.2. The number of halogens is 2. The molecule has 1 aromatic heterocycles. The number of rotatable bonds is 6. The number of nitrogens with zero attached hydrogens (tertiary/aromatic N) is 1. The lowest BCUT2D eigenvalue weighted by Gasteiger charge is -2.37. The summed E-state index contributed by atoms with van der Waals surface area (Å²) in [5, 5.41) is 6.40. The van der Waals surface area contributed by atoms with E-state index in [0.29, 0.717) is 24.8 Å². The molecule has 1 aromatic rings. The molecule has 2 heterocycles. The van der Waals surface area contributed by atoms with Crippen LogP contribution < -0.4 is 10.6 Å². The van der Waals surface area contributed by atoms with Gasteiger partial charge in [-0.3, -0.25) is 4.79 Å². The fourth-order valence-electron chi connectivity index (χ4n) is 3.01. The van der Waals surface area contributed by atoms with Gasteiger partial charge in [-0.1, -0.05) is 0 Å². The highest BCUT2D eigenvalue weighted by Crippen LogP contribution is 2.38. The summed E-state index contributed by atoms with van der Waals surface area (Å²) < 4.78 is 5.37. The Morgan fingerprint density at radius 1 is 1.39 bits per heavy atom. The van der Waals surface area contributed by atoms with Gasteiger partial charge in [-0.2, -0.15) is 0 Å². The summed E-state index contributed by atoms with van der Waals surface area (Å²) in [5.41, 5.74) is 0.619. The van der Waals surface area contributed by atoms with E-state index < -0.39 is 0 Å². The van der Waals surface area contributed by atoms with Gasteiger partial charge >= 0.3 is 0 Å². The molecule has 132 valence electrons. The Labute approximate surface area is 149 Å². The van der Waals surface area contributed by atoms with E-state index in [9.17, 15) is 4.79 Å². The fourth-order valence-corrected chi connectivity index (χ4v) is 3.01. The largest absolute Gasteiger partial charge is 0.384 e. The number of aromatic nitrogens is 2. The normalized spacial score (nSPS) is 19.3. The number of hydrogen-bond donors (Lipinski definition) is 3. The number of piperidine rings is 1. The van der Waals surface area contributed by atoms with Crippen LogP contribution in [0.15, 0.2) is 6.20 Å². The maximum atomic E-state index is 12.3. The summed E-state index contributed by atoms with van der Waals surface area (Å²) >= 11 is 0. The Kier molecular flexibility index (Phi) is 7.80. The van der Waals surface area contributed by atoms with Crippen molar-refractivity contribution in [1.82, 2.24) is 20.6 Å². The molecule has 1 saturated heterocycles. The molecule has 3 N–H and O–H groups in total. The molecule has 0 unspecified atom stereocenters. The van der Waals surface area contributed by atoms with E-state index in [-0.39, 0.29) is 36.1 Å². The topological polar surface area (TPSA) is 79.0 Å². The summed E-state index contributed by atoms with van der Waals surface area (Å²) in [6.45, 7) is 3.30. The summed E-state index contributed by atoms with van der Waals surface area (Å²) in [4.78, 5) is 19.7. The van der Waals surface area contributed by atoms with Crippen LogP contribution in [0.2, 0.25) is 0 Å². The number of carbonyl (C=O) groups excluding carboxylic acids is 1. The Morgan fingerprint density at radius 2 is 2.09 bits per heavy atom. The second-order valence-corrected chi connectivity index (χ2v) is 6.32. The maximum Gasteiger partial charge on any atom is 0.269 e. The molecule has 23 heavy (non-hydrogen) atoms. The number of carbonyl (C=O) groups is 1. The second-order valence-electron chi connectivity index (χ2n) is 6.32. The van der Waals surface area contributed by atoms with Crippen LogP contribution in [0.5, 0.6) is 0 Å². The molecule has 8 heteroatoms. The lowest BCUT2D eigenvalue weighted by Crippen LogP contribution is -2.47. The van der Waals surface area contributed by atoms with E-state index in [1.54, 1.807) is 13.3 Å². The van der Waals surface area contributed by atoms with E-state index in [1.807, 2.05) is 0 Å². The van der Waals surface area contributed by atoms with Crippen molar-refractivity contribution >= 4 is 30.7 Å². The van der Waals surface area contributed by atoms with Crippen molar-refractivity contribution < 1.29 is 9.53 Å². The van der Waals surface area contributed by atoms with Crippen LogP contribution in [0.4, 0.5) is 0 Å². The molecule has 1 aliphatic heterocycles. The molecule has 1 saturated carbocycles. The van der Waals surface area contributed by atoms with Crippen LogP contribution in [0, 0.1) is 5.41 Å². The lowest BCUT2D eigenvalue weighted by molar-refractivity contribution is 0.0511. The first kappa shape index (κ1) is 20.2. The van der Waals surface area contributed by atoms with Crippen molar-refractivity contribution in [3.05, 3.63) is 17.7 Å². The molecule has 0 radical (unpaired) electrons. The zero-order valence-corrected chi connectivity index (χ0v) is 15.0. The quantitative estimate of drug-likeness (QED) is 0.719. The number of amides is 1. The van der Waals surface area contributed by atoms with Gasteiger partial charge in [0, 0.05) is 25.0 Å². The number of nitrogens with one attached hydrogen (secondary N) is 3. The van der Waals surface area contributed by atoms with Crippen LogP contribution in [0.1, 0.15) is 47.9 Å². The minimum Gasteiger partial charge on any atom is -0.384 e. The average Bonchev–Trinajstić information content (AvgIpc) is 3.24. The third kappa shape index (κ3) is 5.08. The number of ether oxygens (including phenoxy) is 1. The Hall–Kier alpha value is -0.820. The number of H-pyrrole nitrogens is 1. The molecule has 0 atom stereocenters. The molecule has 3 rings (SSSR count). The van der Waals surface area contributed by atoms with Gasteiger partial charge in [-0.05, 0) is 38.8 Å². The van der Waals surface area contributed by atoms with Crippen LogP contribution in [0.3, 0.4) is 0 Å². The van der Waals surface area contributed by atoms with Crippen molar-refractivity contribution in [3.8, 4) is 0 Å². The van der Waals surface area contributed by atoms with Gasteiger partial charge in [0.05, 0.1) is 12.8 Å². The highest BCUT2D eigenvalue weighted by Gasteiger charge is 2.33. The zero-order chi connectivity index (χ0) is 14.7. The zero-order valence-electron chi connectivity index (χ0n) is 13.4. The second kappa shape index (κ2) is 8.87. The summed E-state index contributed by atoms with van der Waals surface area (Å²) in [6, 6.07) is 0. The fraction of sp³-hybridized carbons (Fsp3) is 0.733. The van der Waals surface area contributed by atoms with E-state index >= 15 is 0 Å². The molecule has 1 aliphatic carbocycles. The highest BCUT2D eigenvalue weighted by atomic mass is 35.5. The van der Waals surface area contributed by atoms with E-state index in [2.05, 4.69) is 20.6 Å². The molecule has 2 fully saturated rings. The molecule has 2 aliphatic rings. The monoisotopic (exact) mass is 364 g/mol. The van der Waals surface area contributed by atoms with Crippen molar-refractivity contribution in [2.75, 3.05) is 33.4 Å². The van der Waals surface area contributed by atoms with Crippen molar-refractivity contribution in [1.29, 1.82) is 0 Å². The van der Waals surface area contributed by atoms with Gasteiger partial charge in [0.2, 0.25) is 0 Å². The third-order valence-electron chi connectivity index (χ3n) is 4.54. The van der Waals surface area contributed by atoms with E-state index in [4.69, 9.17) is 4.74 Å². The first-order valence-corrected chi connectivity index (χ1v) is 7.75. The molecule has 0 spiro atoms. The minimum absolute atomic E-state index is 0. The number of imidazole rings is 1. The van der Waals surface area contributed by atoms with Crippen molar-refractivity contribution in [2.45, 2.75) is 31.6 Å². The average molecular weight is 365 g/mol. The Balaban J connectivity index is 0.00000132. The predicted octanol–water partition coefficient (Wildman–Crippen LogP) is 1.88. The number of hydrogen-bond acceptors (Lipinski definition) is 4. The molecule has 0 bridgehead atoms. The summed E-state index contributed by atoms with van der Waals surface area (Å²) in [7, 11) is 1.72. The van der Waals surface area contributed by atoms with Crippen LogP contribution >= 0.6 is 24.8 Å². The predicted molar refractivity (Wildman–Crippen MR) is 93.8 cm³/mol. The number of methoxy groups -OCH3 is 1. The number of aromatic amines is 1. The molecular weight excluding hydrogens is 339 g/mol. The van der Waals surface area contributed by atoms with Gasteiger partial charge in [0.1, 0.15) is 11.5 Å². The van der Waals surface area contributed by atoms with Gasteiger partial charge in [-0.15, -0.1) is 24.8 Å². The van der Waals surface area contributed by atoms with Gasteiger partial charge < -0.3 is 20.4 Å². The SMILES string of the molecule is COCC1(CNC(=O)c2cnc(C3CC3)[nH]2)CCNCC1.Cl.Cl. The van der Waals surface area contributed by atoms with Crippen LogP contribution in [-0.4, -0.2) is 49.2 Å². The molecular formula is C15H26Cl2N4O2. The standard InChI is InChI=1S/C15H24N4O2.2ClH/c1-21-10-15(4-6-16-7-5-15)9-18-14(20)12-8-17-13(19-12)11-2-3-11;;/h8,11,16H,2-7,9-10H2,1H3,(H,17,19)(H,18,20);2*1H. The summed E-state index contributed by atoms with van der Waals surface area (Å²) in [5.74, 6) is 1.42.